The van der Waals surface area contributed by atoms with Gasteiger partial charge in [-0.15, -0.1) is 0 Å². The van der Waals surface area contributed by atoms with Gasteiger partial charge in [-0.2, -0.15) is 0 Å². The number of ether oxygens (including phenoxy) is 1. The minimum atomic E-state index is 0.595. The number of nitrogens with one attached hydrogen (secondary N) is 1. The van der Waals surface area contributed by atoms with Crippen molar-refractivity contribution in [2.45, 2.75) is 27.0 Å². The molecule has 0 unspecified atom stereocenters. The summed E-state index contributed by atoms with van der Waals surface area (Å²) in [5, 5.41) is 3.45. The molecule has 0 radical (unpaired) electrons. The summed E-state index contributed by atoms with van der Waals surface area (Å²) in [5.74, 6) is 1.55. The standard InChI is InChI=1S/C18H22BrNO/c1-14(2)11-20-12-16-8-9-17(10-18(16)19)21-13-15-6-4-3-5-7-15/h3-10,14,20H,11-13H2,1-2H3. The fourth-order valence-corrected chi connectivity index (χ4v) is 2.50. The number of benzene rings is 2. The highest BCUT2D eigenvalue weighted by Gasteiger charge is 2.03. The Balaban J connectivity index is 1.89. The van der Waals surface area contributed by atoms with Gasteiger partial charge in [0.25, 0.3) is 0 Å². The van der Waals surface area contributed by atoms with Gasteiger partial charge in [-0.25, -0.2) is 0 Å². The molecule has 0 saturated heterocycles. The zero-order chi connectivity index (χ0) is 15.1. The van der Waals surface area contributed by atoms with Crippen LogP contribution in [0.2, 0.25) is 0 Å². The van der Waals surface area contributed by atoms with E-state index in [0.717, 1.165) is 23.3 Å². The van der Waals surface area contributed by atoms with E-state index in [0.29, 0.717) is 12.5 Å². The van der Waals surface area contributed by atoms with Crippen LogP contribution in [-0.2, 0) is 13.2 Å². The highest BCUT2D eigenvalue weighted by Crippen LogP contribution is 2.23. The molecule has 2 rings (SSSR count). The van der Waals surface area contributed by atoms with E-state index in [2.05, 4.69) is 53.3 Å². The topological polar surface area (TPSA) is 21.3 Å². The molecule has 0 saturated carbocycles. The van der Waals surface area contributed by atoms with Gasteiger partial charge in [-0.3, -0.25) is 0 Å². The molecular formula is C18H22BrNO. The minimum Gasteiger partial charge on any atom is -0.489 e. The van der Waals surface area contributed by atoms with E-state index in [1.807, 2.05) is 30.3 Å². The Labute approximate surface area is 135 Å². The van der Waals surface area contributed by atoms with Gasteiger partial charge in [0.05, 0.1) is 0 Å². The number of halogens is 1. The molecule has 0 aliphatic carbocycles. The third kappa shape index (κ3) is 5.52. The molecule has 0 aliphatic heterocycles. The molecule has 1 N–H and O–H groups in total. The van der Waals surface area contributed by atoms with Crippen LogP contribution in [0.3, 0.4) is 0 Å². The average molecular weight is 348 g/mol. The average Bonchev–Trinajstić information content (AvgIpc) is 2.48. The number of hydrogen-bond acceptors (Lipinski definition) is 2. The van der Waals surface area contributed by atoms with Crippen LogP contribution in [0, 0.1) is 5.92 Å². The molecule has 2 aromatic carbocycles. The van der Waals surface area contributed by atoms with Crippen molar-refractivity contribution in [3.05, 3.63) is 64.1 Å². The van der Waals surface area contributed by atoms with Gasteiger partial charge in [-0.05, 0) is 35.7 Å². The maximum absolute atomic E-state index is 5.82. The Bertz CT molecular complexity index is 554. The van der Waals surface area contributed by atoms with E-state index in [9.17, 15) is 0 Å². The highest BCUT2D eigenvalue weighted by atomic mass is 79.9. The van der Waals surface area contributed by atoms with Crippen molar-refractivity contribution in [2.75, 3.05) is 6.54 Å². The van der Waals surface area contributed by atoms with E-state index in [1.165, 1.54) is 11.1 Å². The maximum atomic E-state index is 5.82. The third-order valence-corrected chi connectivity index (χ3v) is 3.88. The molecule has 2 nitrogen and oxygen atoms in total. The monoisotopic (exact) mass is 347 g/mol. The van der Waals surface area contributed by atoms with E-state index >= 15 is 0 Å². The molecule has 0 aliphatic rings. The van der Waals surface area contributed by atoms with Crippen molar-refractivity contribution >= 4 is 15.9 Å². The molecule has 0 bridgehead atoms. The lowest BCUT2D eigenvalue weighted by Gasteiger charge is -2.11. The van der Waals surface area contributed by atoms with Crippen molar-refractivity contribution in [1.82, 2.24) is 5.32 Å². The second-order valence-electron chi connectivity index (χ2n) is 5.55. The van der Waals surface area contributed by atoms with E-state index in [1.54, 1.807) is 0 Å². The van der Waals surface area contributed by atoms with Crippen LogP contribution in [0.15, 0.2) is 53.0 Å². The molecule has 0 fully saturated rings. The predicted octanol–water partition coefficient (Wildman–Crippen LogP) is 4.77. The fourth-order valence-electron chi connectivity index (χ4n) is 2.00. The SMILES string of the molecule is CC(C)CNCc1ccc(OCc2ccccc2)cc1Br. The number of rotatable bonds is 7. The van der Waals surface area contributed by atoms with E-state index in [-0.39, 0.29) is 0 Å². The lowest BCUT2D eigenvalue weighted by atomic mass is 10.2. The van der Waals surface area contributed by atoms with Gasteiger partial charge in [0.2, 0.25) is 0 Å². The Morgan fingerprint density at radius 2 is 1.86 bits per heavy atom. The van der Waals surface area contributed by atoms with Crippen LogP contribution in [0.5, 0.6) is 5.75 Å². The molecule has 21 heavy (non-hydrogen) atoms. The summed E-state index contributed by atoms with van der Waals surface area (Å²) in [6, 6.07) is 16.4. The molecule has 0 atom stereocenters. The zero-order valence-corrected chi connectivity index (χ0v) is 14.2. The van der Waals surface area contributed by atoms with Gasteiger partial charge < -0.3 is 10.1 Å². The van der Waals surface area contributed by atoms with Gasteiger partial charge in [0.1, 0.15) is 12.4 Å². The van der Waals surface area contributed by atoms with Crippen LogP contribution < -0.4 is 10.1 Å². The molecule has 0 aromatic heterocycles. The van der Waals surface area contributed by atoms with Crippen LogP contribution in [-0.4, -0.2) is 6.54 Å². The zero-order valence-electron chi connectivity index (χ0n) is 12.6. The quantitative estimate of drug-likeness (QED) is 0.778. The molecule has 2 aromatic rings. The Morgan fingerprint density at radius 1 is 1.10 bits per heavy atom. The van der Waals surface area contributed by atoms with Crippen LogP contribution in [0.25, 0.3) is 0 Å². The molecule has 3 heteroatoms. The Hall–Kier alpha value is -1.32. The summed E-state index contributed by atoms with van der Waals surface area (Å²) in [6.45, 7) is 6.92. The first-order valence-corrected chi connectivity index (χ1v) is 8.10. The lowest BCUT2D eigenvalue weighted by Crippen LogP contribution is -2.19. The first-order chi connectivity index (χ1) is 10.1. The summed E-state index contributed by atoms with van der Waals surface area (Å²) in [6.07, 6.45) is 0. The summed E-state index contributed by atoms with van der Waals surface area (Å²) in [4.78, 5) is 0. The van der Waals surface area contributed by atoms with Crippen LogP contribution in [0.4, 0.5) is 0 Å². The van der Waals surface area contributed by atoms with Gasteiger partial charge >= 0.3 is 0 Å². The third-order valence-electron chi connectivity index (χ3n) is 3.14. The van der Waals surface area contributed by atoms with Crippen molar-refractivity contribution in [1.29, 1.82) is 0 Å². The molecule has 112 valence electrons. The maximum Gasteiger partial charge on any atom is 0.120 e. The van der Waals surface area contributed by atoms with E-state index in [4.69, 9.17) is 4.74 Å². The summed E-state index contributed by atoms with van der Waals surface area (Å²) >= 11 is 3.62. The van der Waals surface area contributed by atoms with E-state index < -0.39 is 0 Å². The summed E-state index contributed by atoms with van der Waals surface area (Å²) in [5.41, 5.74) is 2.43. The number of hydrogen-bond donors (Lipinski definition) is 1. The second-order valence-corrected chi connectivity index (χ2v) is 6.41. The van der Waals surface area contributed by atoms with Crippen molar-refractivity contribution < 1.29 is 4.74 Å². The molecule has 0 amide bonds. The molecule has 0 spiro atoms. The van der Waals surface area contributed by atoms with Gasteiger partial charge in [-0.1, -0.05) is 66.2 Å². The van der Waals surface area contributed by atoms with Crippen molar-refractivity contribution in [3.8, 4) is 5.75 Å². The Morgan fingerprint density at radius 3 is 2.52 bits per heavy atom. The van der Waals surface area contributed by atoms with Crippen LogP contribution >= 0.6 is 15.9 Å². The Kier molecular flexibility index (Phi) is 6.27. The minimum absolute atomic E-state index is 0.595. The largest absolute Gasteiger partial charge is 0.489 e. The van der Waals surface area contributed by atoms with Crippen molar-refractivity contribution in [3.63, 3.8) is 0 Å². The summed E-state index contributed by atoms with van der Waals surface area (Å²) < 4.78 is 6.91. The molecule has 0 heterocycles. The molecular weight excluding hydrogens is 326 g/mol. The fraction of sp³-hybridized carbons (Fsp3) is 0.333. The van der Waals surface area contributed by atoms with Crippen molar-refractivity contribution in [2.24, 2.45) is 5.92 Å². The lowest BCUT2D eigenvalue weighted by molar-refractivity contribution is 0.306. The van der Waals surface area contributed by atoms with Gasteiger partial charge in [0, 0.05) is 11.0 Å². The smallest absolute Gasteiger partial charge is 0.120 e. The predicted molar refractivity (Wildman–Crippen MR) is 91.5 cm³/mol. The first kappa shape index (κ1) is 16.1. The first-order valence-electron chi connectivity index (χ1n) is 7.31. The van der Waals surface area contributed by atoms with Gasteiger partial charge in [0.15, 0.2) is 0 Å². The normalized spacial score (nSPS) is 10.9. The second kappa shape index (κ2) is 8.20. The summed E-state index contributed by atoms with van der Waals surface area (Å²) in [7, 11) is 0. The van der Waals surface area contributed by atoms with Crippen LogP contribution in [0.1, 0.15) is 25.0 Å². The highest BCUT2D eigenvalue weighted by molar-refractivity contribution is 9.10.